The van der Waals surface area contributed by atoms with Crippen LogP contribution in [0.25, 0.3) is 0 Å². The Morgan fingerprint density at radius 1 is 1.64 bits per heavy atom. The zero-order valence-electron chi connectivity index (χ0n) is 8.36. The smallest absolute Gasteiger partial charge is 0.324 e. The first-order valence-corrected chi connectivity index (χ1v) is 6.09. The molecule has 2 atom stereocenters. The topological polar surface area (TPSA) is 41.6 Å². The summed E-state index contributed by atoms with van der Waals surface area (Å²) in [7, 11) is 1.45. The van der Waals surface area contributed by atoms with Crippen molar-refractivity contribution in [2.75, 3.05) is 38.2 Å². The number of methoxy groups -OCH3 is 1. The van der Waals surface area contributed by atoms with E-state index in [9.17, 15) is 4.79 Å². The van der Waals surface area contributed by atoms with Gasteiger partial charge in [-0.1, -0.05) is 0 Å². The molecule has 0 aromatic heterocycles. The SMILES string of the molecule is COC(=O)[C@@H]1CN2CCSC[C@@H]2CN1. The first-order valence-electron chi connectivity index (χ1n) is 4.94. The summed E-state index contributed by atoms with van der Waals surface area (Å²) in [5, 5.41) is 3.24. The third-order valence-electron chi connectivity index (χ3n) is 2.85. The molecule has 2 saturated heterocycles. The van der Waals surface area contributed by atoms with Crippen LogP contribution in [-0.4, -0.2) is 61.2 Å². The van der Waals surface area contributed by atoms with E-state index >= 15 is 0 Å². The highest BCUT2D eigenvalue weighted by molar-refractivity contribution is 7.99. The van der Waals surface area contributed by atoms with Crippen molar-refractivity contribution in [1.82, 2.24) is 10.2 Å². The molecule has 2 heterocycles. The number of piperazine rings is 1. The van der Waals surface area contributed by atoms with Crippen molar-refractivity contribution in [1.29, 1.82) is 0 Å². The molecule has 1 N–H and O–H groups in total. The van der Waals surface area contributed by atoms with Crippen LogP contribution in [0.2, 0.25) is 0 Å². The predicted octanol–water partition coefficient (Wildman–Crippen LogP) is -0.451. The molecule has 2 fully saturated rings. The molecule has 0 spiro atoms. The number of rotatable bonds is 1. The van der Waals surface area contributed by atoms with Gasteiger partial charge in [0.2, 0.25) is 0 Å². The highest BCUT2D eigenvalue weighted by Gasteiger charge is 2.33. The van der Waals surface area contributed by atoms with Crippen molar-refractivity contribution in [3.05, 3.63) is 0 Å². The van der Waals surface area contributed by atoms with Crippen LogP contribution < -0.4 is 5.32 Å². The maximum Gasteiger partial charge on any atom is 0.324 e. The van der Waals surface area contributed by atoms with Gasteiger partial charge in [-0.15, -0.1) is 0 Å². The lowest BCUT2D eigenvalue weighted by Crippen LogP contribution is -2.61. The average Bonchev–Trinajstić information content (AvgIpc) is 2.27. The Morgan fingerprint density at radius 3 is 3.29 bits per heavy atom. The second kappa shape index (κ2) is 4.51. The molecule has 4 nitrogen and oxygen atoms in total. The molecular weight excluding hydrogens is 200 g/mol. The fourth-order valence-electron chi connectivity index (χ4n) is 2.00. The van der Waals surface area contributed by atoms with Crippen LogP contribution in [0.3, 0.4) is 0 Å². The van der Waals surface area contributed by atoms with Crippen molar-refractivity contribution in [2.45, 2.75) is 12.1 Å². The molecule has 0 amide bonds. The second-order valence-electron chi connectivity index (χ2n) is 3.71. The number of esters is 1. The predicted molar refractivity (Wildman–Crippen MR) is 56.5 cm³/mol. The van der Waals surface area contributed by atoms with Crippen LogP contribution in [0.1, 0.15) is 0 Å². The Bertz CT molecular complexity index is 225. The number of ether oxygens (including phenoxy) is 1. The molecule has 0 radical (unpaired) electrons. The van der Waals surface area contributed by atoms with Crippen molar-refractivity contribution >= 4 is 17.7 Å². The normalized spacial score (nSPS) is 33.5. The van der Waals surface area contributed by atoms with E-state index in [4.69, 9.17) is 4.74 Å². The van der Waals surface area contributed by atoms with Gasteiger partial charge in [-0.2, -0.15) is 11.8 Å². The van der Waals surface area contributed by atoms with Gasteiger partial charge in [0.05, 0.1) is 7.11 Å². The zero-order chi connectivity index (χ0) is 9.97. The molecular formula is C9H16N2O2S. The summed E-state index contributed by atoms with van der Waals surface area (Å²) in [5.41, 5.74) is 0. The number of carbonyl (C=O) groups excluding carboxylic acids is 1. The second-order valence-corrected chi connectivity index (χ2v) is 4.86. The van der Waals surface area contributed by atoms with E-state index < -0.39 is 0 Å². The fourth-order valence-corrected chi connectivity index (χ4v) is 3.13. The van der Waals surface area contributed by atoms with Gasteiger partial charge in [-0.25, -0.2) is 0 Å². The van der Waals surface area contributed by atoms with Crippen LogP contribution in [0, 0.1) is 0 Å². The lowest BCUT2D eigenvalue weighted by Gasteiger charge is -2.41. The fraction of sp³-hybridized carbons (Fsp3) is 0.889. The van der Waals surface area contributed by atoms with Gasteiger partial charge in [0, 0.05) is 37.2 Å². The minimum Gasteiger partial charge on any atom is -0.468 e. The summed E-state index contributed by atoms with van der Waals surface area (Å²) in [6.45, 7) is 2.81. The van der Waals surface area contributed by atoms with Gasteiger partial charge >= 0.3 is 5.97 Å². The molecule has 0 saturated carbocycles. The number of hydrogen-bond acceptors (Lipinski definition) is 5. The van der Waals surface area contributed by atoms with Crippen LogP contribution in [0.15, 0.2) is 0 Å². The van der Waals surface area contributed by atoms with Gasteiger partial charge in [0.25, 0.3) is 0 Å². The van der Waals surface area contributed by atoms with Crippen molar-refractivity contribution in [3.63, 3.8) is 0 Å². The molecule has 0 aromatic carbocycles. The quantitative estimate of drug-likeness (QED) is 0.601. The van der Waals surface area contributed by atoms with Gasteiger partial charge in [0.15, 0.2) is 0 Å². The van der Waals surface area contributed by atoms with E-state index in [1.54, 1.807) is 0 Å². The standard InChI is InChI=1S/C9H16N2O2S/c1-13-9(12)8-5-11-2-3-14-6-7(11)4-10-8/h7-8,10H,2-6H2,1H3/t7-,8-/m0/s1. The number of carbonyl (C=O) groups is 1. The number of thioether (sulfide) groups is 1. The van der Waals surface area contributed by atoms with Crippen molar-refractivity contribution in [3.8, 4) is 0 Å². The molecule has 2 aliphatic rings. The zero-order valence-corrected chi connectivity index (χ0v) is 9.18. The molecule has 0 aromatic rings. The van der Waals surface area contributed by atoms with Gasteiger partial charge in [-0.05, 0) is 0 Å². The Labute approximate surface area is 88.4 Å². The highest BCUT2D eigenvalue weighted by atomic mass is 32.2. The summed E-state index contributed by atoms with van der Waals surface area (Å²) in [5.74, 6) is 2.23. The molecule has 0 unspecified atom stereocenters. The summed E-state index contributed by atoms with van der Waals surface area (Å²) < 4.78 is 4.74. The van der Waals surface area contributed by atoms with E-state index in [0.717, 1.165) is 19.6 Å². The summed E-state index contributed by atoms with van der Waals surface area (Å²) >= 11 is 2.00. The Morgan fingerprint density at radius 2 is 2.50 bits per heavy atom. The van der Waals surface area contributed by atoms with Gasteiger partial charge in [0.1, 0.15) is 6.04 Å². The molecule has 5 heteroatoms. The summed E-state index contributed by atoms with van der Waals surface area (Å²) in [4.78, 5) is 13.7. The number of fused-ring (bicyclic) bond motifs is 1. The Kier molecular flexibility index (Phi) is 3.30. The molecule has 2 aliphatic heterocycles. The van der Waals surface area contributed by atoms with E-state index in [0.29, 0.717) is 6.04 Å². The largest absolute Gasteiger partial charge is 0.468 e. The monoisotopic (exact) mass is 216 g/mol. The average molecular weight is 216 g/mol. The minimum atomic E-state index is -0.137. The molecule has 2 rings (SSSR count). The Hall–Kier alpha value is -0.260. The number of nitrogens with one attached hydrogen (secondary N) is 1. The molecule has 0 bridgehead atoms. The first kappa shape index (κ1) is 10.3. The maximum absolute atomic E-state index is 11.3. The summed E-state index contributed by atoms with van der Waals surface area (Å²) in [6.07, 6.45) is 0. The van der Waals surface area contributed by atoms with Crippen LogP contribution in [0.5, 0.6) is 0 Å². The number of hydrogen-bond donors (Lipinski definition) is 1. The van der Waals surface area contributed by atoms with Gasteiger partial charge in [-0.3, -0.25) is 9.69 Å². The van der Waals surface area contributed by atoms with Gasteiger partial charge < -0.3 is 10.1 Å². The highest BCUT2D eigenvalue weighted by Crippen LogP contribution is 2.19. The van der Waals surface area contributed by atoms with E-state index in [2.05, 4.69) is 10.2 Å². The molecule has 14 heavy (non-hydrogen) atoms. The lowest BCUT2D eigenvalue weighted by molar-refractivity contribution is -0.144. The van der Waals surface area contributed by atoms with E-state index in [-0.39, 0.29) is 12.0 Å². The van der Waals surface area contributed by atoms with Crippen molar-refractivity contribution in [2.24, 2.45) is 0 Å². The lowest BCUT2D eigenvalue weighted by atomic mass is 10.1. The first-order chi connectivity index (χ1) is 6.81. The van der Waals surface area contributed by atoms with E-state index in [1.807, 2.05) is 11.8 Å². The maximum atomic E-state index is 11.3. The molecule has 80 valence electrons. The Balaban J connectivity index is 1.92. The number of nitrogens with zero attached hydrogens (tertiary/aromatic N) is 1. The van der Waals surface area contributed by atoms with Crippen LogP contribution in [-0.2, 0) is 9.53 Å². The third-order valence-corrected chi connectivity index (χ3v) is 3.94. The summed E-state index contributed by atoms with van der Waals surface area (Å²) in [6, 6.07) is 0.481. The van der Waals surface area contributed by atoms with Crippen LogP contribution in [0.4, 0.5) is 0 Å². The van der Waals surface area contributed by atoms with Crippen LogP contribution >= 0.6 is 11.8 Å². The minimum absolute atomic E-state index is 0.126. The molecule has 0 aliphatic carbocycles. The van der Waals surface area contributed by atoms with E-state index in [1.165, 1.54) is 18.6 Å². The van der Waals surface area contributed by atoms with Crippen molar-refractivity contribution < 1.29 is 9.53 Å². The third kappa shape index (κ3) is 2.04.